The van der Waals surface area contributed by atoms with Gasteiger partial charge in [-0.25, -0.2) is 0 Å². The molecule has 1 aliphatic heterocycles. The molecule has 37 heavy (non-hydrogen) atoms. The highest BCUT2D eigenvalue weighted by molar-refractivity contribution is 5.64. The van der Waals surface area contributed by atoms with Crippen LogP contribution in [0.1, 0.15) is 64.7 Å². The monoisotopic (exact) mass is 510 g/mol. The van der Waals surface area contributed by atoms with E-state index in [0.29, 0.717) is 5.41 Å². The van der Waals surface area contributed by atoms with Crippen molar-refractivity contribution in [1.82, 2.24) is 0 Å². The van der Waals surface area contributed by atoms with Crippen molar-refractivity contribution >= 4 is 0 Å². The first-order valence-electron chi connectivity index (χ1n) is 14.1. The van der Waals surface area contributed by atoms with Gasteiger partial charge in [-0.1, -0.05) is 44.2 Å². The van der Waals surface area contributed by atoms with E-state index in [1.807, 2.05) is 12.1 Å². The normalized spacial score (nSPS) is 14.1. The summed E-state index contributed by atoms with van der Waals surface area (Å²) >= 11 is 0. The van der Waals surface area contributed by atoms with Gasteiger partial charge in [0.2, 0.25) is 0 Å². The molecule has 0 amide bonds. The van der Waals surface area contributed by atoms with Crippen molar-refractivity contribution in [3.63, 3.8) is 0 Å². The summed E-state index contributed by atoms with van der Waals surface area (Å²) in [6, 6.07) is 16.7. The maximum atomic E-state index is 5.94. The van der Waals surface area contributed by atoms with Crippen LogP contribution < -0.4 is 9.47 Å². The topological polar surface area (TPSA) is 46.2 Å². The Hall–Kier alpha value is -2.50. The molecule has 0 saturated carbocycles. The van der Waals surface area contributed by atoms with Gasteiger partial charge in [-0.3, -0.25) is 0 Å². The molecule has 5 nitrogen and oxygen atoms in total. The fraction of sp³-hybridized carbons (Fsp3) is 0.562. The largest absolute Gasteiger partial charge is 0.502 e. The number of ether oxygens (including phenoxy) is 5. The summed E-state index contributed by atoms with van der Waals surface area (Å²) in [5.74, 6) is 1.85. The van der Waals surface area contributed by atoms with Gasteiger partial charge in [0.05, 0.1) is 45.9 Å². The lowest BCUT2D eigenvalue weighted by atomic mass is 9.84. The maximum absolute atomic E-state index is 5.94. The third-order valence-electron chi connectivity index (χ3n) is 7.01. The number of rotatable bonds is 21. The Morgan fingerprint density at radius 2 is 1.19 bits per heavy atom. The van der Waals surface area contributed by atoms with E-state index in [0.717, 1.165) is 103 Å². The van der Waals surface area contributed by atoms with E-state index in [1.165, 1.54) is 30.2 Å². The lowest BCUT2D eigenvalue weighted by Crippen LogP contribution is -2.45. The summed E-state index contributed by atoms with van der Waals surface area (Å²) < 4.78 is 28.2. The number of benzene rings is 2. The Balaban J connectivity index is 1.22. The molecule has 1 saturated heterocycles. The first-order valence-corrected chi connectivity index (χ1v) is 14.1. The molecule has 0 radical (unpaired) electrons. The summed E-state index contributed by atoms with van der Waals surface area (Å²) in [5, 5.41) is 0. The first-order chi connectivity index (χ1) is 18.2. The molecular weight excluding hydrogens is 464 g/mol. The van der Waals surface area contributed by atoms with Crippen LogP contribution in [0.25, 0.3) is 11.1 Å². The average molecular weight is 511 g/mol. The van der Waals surface area contributed by atoms with E-state index in [4.69, 9.17) is 23.7 Å². The molecule has 0 atom stereocenters. The van der Waals surface area contributed by atoms with Crippen LogP contribution in [0, 0.1) is 5.41 Å². The lowest BCUT2D eigenvalue weighted by molar-refractivity contribution is -0.150. The molecule has 0 bridgehead atoms. The van der Waals surface area contributed by atoms with Crippen LogP contribution in [-0.2, 0) is 14.2 Å². The van der Waals surface area contributed by atoms with Crippen LogP contribution in [0.4, 0.5) is 0 Å². The minimum atomic E-state index is 0.295. The molecule has 0 aliphatic carbocycles. The summed E-state index contributed by atoms with van der Waals surface area (Å²) in [6.45, 7) is 11.4. The third kappa shape index (κ3) is 10.8. The fourth-order valence-electron chi connectivity index (χ4n) is 4.32. The van der Waals surface area contributed by atoms with Crippen molar-refractivity contribution in [1.29, 1.82) is 0 Å². The summed E-state index contributed by atoms with van der Waals surface area (Å²) in [6.07, 6.45) is 11.6. The summed E-state index contributed by atoms with van der Waals surface area (Å²) in [7, 11) is 0. The molecular formula is C32H46O5. The fourth-order valence-corrected chi connectivity index (χ4v) is 4.32. The molecule has 2 aromatic rings. The van der Waals surface area contributed by atoms with Crippen LogP contribution in [0.3, 0.4) is 0 Å². The van der Waals surface area contributed by atoms with Crippen LogP contribution in [-0.4, -0.2) is 46.2 Å². The van der Waals surface area contributed by atoms with Gasteiger partial charge in [0, 0.05) is 12.0 Å². The Labute approximate surface area is 224 Å². The van der Waals surface area contributed by atoms with Crippen molar-refractivity contribution < 1.29 is 23.7 Å². The van der Waals surface area contributed by atoms with Gasteiger partial charge in [0.15, 0.2) is 0 Å². The molecule has 0 aromatic heterocycles. The second kappa shape index (κ2) is 17.1. The highest BCUT2D eigenvalue weighted by Crippen LogP contribution is 2.31. The molecule has 1 aliphatic rings. The van der Waals surface area contributed by atoms with Crippen molar-refractivity contribution in [2.24, 2.45) is 5.41 Å². The standard InChI is InChI=1S/C32H46O5/c1-3-32(26-35-27-32)25-34-22-10-6-8-12-24-37-31-19-15-29(16-20-31)28-13-17-30(18-14-28)36-23-11-7-5-9-21-33-4-2/h4,13-20H,2-3,5-12,21-27H2,1H3. The SMILES string of the molecule is C=COCCCCCCOc1ccc(-c2ccc(OCCCCCCOCC3(CC)COC3)cc2)cc1. The Morgan fingerprint density at radius 3 is 1.62 bits per heavy atom. The van der Waals surface area contributed by atoms with Crippen LogP contribution >= 0.6 is 0 Å². The number of unbranched alkanes of at least 4 members (excludes halogenated alkanes) is 6. The lowest BCUT2D eigenvalue weighted by Gasteiger charge is -2.40. The van der Waals surface area contributed by atoms with Crippen LogP contribution in [0.2, 0.25) is 0 Å². The van der Waals surface area contributed by atoms with Crippen molar-refractivity contribution in [2.45, 2.75) is 64.7 Å². The minimum absolute atomic E-state index is 0.295. The second-order valence-corrected chi connectivity index (χ2v) is 10.0. The van der Waals surface area contributed by atoms with Crippen molar-refractivity contribution in [3.05, 3.63) is 61.4 Å². The van der Waals surface area contributed by atoms with E-state index in [-0.39, 0.29) is 0 Å². The highest BCUT2D eigenvalue weighted by Gasteiger charge is 2.36. The molecule has 0 spiro atoms. The predicted molar refractivity (Wildman–Crippen MR) is 150 cm³/mol. The average Bonchev–Trinajstić information content (AvgIpc) is 2.91. The second-order valence-electron chi connectivity index (χ2n) is 10.0. The zero-order valence-electron chi connectivity index (χ0n) is 22.8. The molecule has 5 heteroatoms. The summed E-state index contributed by atoms with van der Waals surface area (Å²) in [5.41, 5.74) is 2.65. The predicted octanol–water partition coefficient (Wildman–Crippen LogP) is 7.84. The highest BCUT2D eigenvalue weighted by atomic mass is 16.5. The van der Waals surface area contributed by atoms with Gasteiger partial charge in [0.1, 0.15) is 11.5 Å². The first kappa shape index (κ1) is 29.1. The number of hydrogen-bond donors (Lipinski definition) is 0. The quantitative estimate of drug-likeness (QED) is 0.126. The van der Waals surface area contributed by atoms with E-state index < -0.39 is 0 Å². The molecule has 1 fully saturated rings. The molecule has 204 valence electrons. The van der Waals surface area contributed by atoms with Gasteiger partial charge in [-0.15, -0.1) is 0 Å². The molecule has 2 aromatic carbocycles. The smallest absolute Gasteiger partial charge is 0.119 e. The van der Waals surface area contributed by atoms with Crippen LogP contribution in [0.5, 0.6) is 11.5 Å². The maximum Gasteiger partial charge on any atom is 0.119 e. The molecule has 0 unspecified atom stereocenters. The van der Waals surface area contributed by atoms with E-state index in [1.54, 1.807) is 0 Å². The molecule has 3 rings (SSSR count). The van der Waals surface area contributed by atoms with Crippen LogP contribution in [0.15, 0.2) is 61.4 Å². The van der Waals surface area contributed by atoms with E-state index in [9.17, 15) is 0 Å². The third-order valence-corrected chi connectivity index (χ3v) is 7.01. The van der Waals surface area contributed by atoms with Gasteiger partial charge >= 0.3 is 0 Å². The van der Waals surface area contributed by atoms with Gasteiger partial charge < -0.3 is 23.7 Å². The summed E-state index contributed by atoms with van der Waals surface area (Å²) in [4.78, 5) is 0. The van der Waals surface area contributed by atoms with E-state index >= 15 is 0 Å². The Bertz CT molecular complexity index is 852. The Kier molecular flexibility index (Phi) is 13.4. The number of hydrogen-bond acceptors (Lipinski definition) is 5. The van der Waals surface area contributed by atoms with E-state index in [2.05, 4.69) is 49.9 Å². The van der Waals surface area contributed by atoms with Crippen molar-refractivity contribution in [3.8, 4) is 22.6 Å². The zero-order valence-corrected chi connectivity index (χ0v) is 22.8. The Morgan fingerprint density at radius 1 is 0.703 bits per heavy atom. The van der Waals surface area contributed by atoms with Gasteiger partial charge in [-0.05, 0) is 86.8 Å². The van der Waals surface area contributed by atoms with Gasteiger partial charge in [0.25, 0.3) is 0 Å². The van der Waals surface area contributed by atoms with Crippen molar-refractivity contribution in [2.75, 3.05) is 46.2 Å². The molecule has 1 heterocycles. The minimum Gasteiger partial charge on any atom is -0.502 e. The zero-order chi connectivity index (χ0) is 26.0. The van der Waals surface area contributed by atoms with Gasteiger partial charge in [-0.2, -0.15) is 0 Å². The molecule has 0 N–H and O–H groups in total.